The minimum absolute atomic E-state index is 0.163. The van der Waals surface area contributed by atoms with Crippen LogP contribution in [0.1, 0.15) is 21.5 Å². The van der Waals surface area contributed by atoms with E-state index >= 15 is 0 Å². The molecule has 0 unspecified atom stereocenters. The normalized spacial score (nSPS) is 11.0. The molecule has 0 saturated heterocycles. The average molecular weight is 518 g/mol. The van der Waals surface area contributed by atoms with E-state index in [2.05, 4.69) is 36.6 Å². The number of halogens is 1. The maximum atomic E-state index is 12.1. The zero-order valence-electron chi connectivity index (χ0n) is 17.9. The van der Waals surface area contributed by atoms with Gasteiger partial charge in [-0.2, -0.15) is 9.61 Å². The molecule has 2 aromatic carbocycles. The van der Waals surface area contributed by atoms with Gasteiger partial charge in [0.2, 0.25) is 0 Å². The number of furan rings is 1. The highest BCUT2D eigenvalue weighted by atomic mass is 79.9. The van der Waals surface area contributed by atoms with Crippen LogP contribution in [0.4, 0.5) is 5.82 Å². The number of para-hydroxylation sites is 1. The number of carbonyl (C=O) groups excluding carboxylic acids is 1. The summed E-state index contributed by atoms with van der Waals surface area (Å²) in [6, 6.07) is 18.6. The molecule has 5 rings (SSSR count). The molecule has 3 heterocycles. The molecule has 170 valence electrons. The SMILES string of the molecule is O=C(NCc1ccc(CNc2cc(-c3ccccc3O)nc3c(Br)cnn23)cc1)c1ccoc1. The maximum absolute atomic E-state index is 12.1. The van der Waals surface area contributed by atoms with Gasteiger partial charge >= 0.3 is 0 Å². The highest BCUT2D eigenvalue weighted by molar-refractivity contribution is 9.10. The van der Waals surface area contributed by atoms with Crippen LogP contribution in [0.15, 0.2) is 88.3 Å². The van der Waals surface area contributed by atoms with Gasteiger partial charge in [0.1, 0.15) is 17.8 Å². The van der Waals surface area contributed by atoms with Crippen molar-refractivity contribution < 1.29 is 14.3 Å². The van der Waals surface area contributed by atoms with Gasteiger partial charge < -0.3 is 20.2 Å². The number of aromatic hydroxyl groups is 1. The lowest BCUT2D eigenvalue weighted by Gasteiger charge is -2.12. The molecular weight excluding hydrogens is 498 g/mol. The average Bonchev–Trinajstić information content (AvgIpc) is 3.53. The molecule has 0 radical (unpaired) electrons. The van der Waals surface area contributed by atoms with E-state index in [4.69, 9.17) is 4.42 Å². The van der Waals surface area contributed by atoms with E-state index < -0.39 is 0 Å². The molecule has 8 nitrogen and oxygen atoms in total. The number of anilines is 1. The first-order valence-corrected chi connectivity index (χ1v) is 11.3. The molecular formula is C25H20BrN5O3. The predicted molar refractivity (Wildman–Crippen MR) is 131 cm³/mol. The summed E-state index contributed by atoms with van der Waals surface area (Å²) in [5, 5.41) is 21.0. The second-order valence-corrected chi connectivity index (χ2v) is 8.49. The molecule has 3 aromatic heterocycles. The number of hydrogen-bond acceptors (Lipinski definition) is 6. The summed E-state index contributed by atoms with van der Waals surface area (Å²) < 4.78 is 7.41. The zero-order valence-corrected chi connectivity index (χ0v) is 19.5. The highest BCUT2D eigenvalue weighted by Crippen LogP contribution is 2.31. The lowest BCUT2D eigenvalue weighted by molar-refractivity contribution is 0.0950. The van der Waals surface area contributed by atoms with Gasteiger partial charge in [-0.1, -0.05) is 36.4 Å². The largest absolute Gasteiger partial charge is 0.507 e. The van der Waals surface area contributed by atoms with E-state index in [9.17, 15) is 9.90 Å². The molecule has 0 fully saturated rings. The Kier molecular flexibility index (Phi) is 6.01. The predicted octanol–water partition coefficient (Wildman–Crippen LogP) is 5.00. The van der Waals surface area contributed by atoms with Crippen LogP contribution in [-0.4, -0.2) is 25.6 Å². The summed E-state index contributed by atoms with van der Waals surface area (Å²) in [7, 11) is 0. The first kappa shape index (κ1) is 21.7. The van der Waals surface area contributed by atoms with Gasteiger partial charge in [0.25, 0.3) is 5.91 Å². The highest BCUT2D eigenvalue weighted by Gasteiger charge is 2.13. The fraction of sp³-hybridized carbons (Fsp3) is 0.0800. The Morgan fingerprint density at radius 3 is 2.56 bits per heavy atom. The van der Waals surface area contributed by atoms with Gasteiger partial charge in [-0.25, -0.2) is 4.98 Å². The quantitative estimate of drug-likeness (QED) is 0.280. The lowest BCUT2D eigenvalue weighted by Crippen LogP contribution is -2.22. The number of phenolic OH excluding ortho intramolecular Hbond substituents is 1. The molecule has 0 atom stereocenters. The summed E-state index contributed by atoms with van der Waals surface area (Å²) in [6.07, 6.45) is 4.58. The second-order valence-electron chi connectivity index (χ2n) is 7.64. The fourth-order valence-corrected chi connectivity index (χ4v) is 3.88. The molecule has 0 spiro atoms. The Balaban J connectivity index is 1.31. The van der Waals surface area contributed by atoms with Gasteiger partial charge in [-0.3, -0.25) is 4.79 Å². The zero-order chi connectivity index (χ0) is 23.5. The number of aromatic nitrogens is 3. The number of carbonyl (C=O) groups is 1. The number of benzene rings is 2. The van der Waals surface area contributed by atoms with E-state index in [0.29, 0.717) is 35.6 Å². The van der Waals surface area contributed by atoms with E-state index in [0.717, 1.165) is 21.4 Å². The van der Waals surface area contributed by atoms with Gasteiger partial charge in [0.15, 0.2) is 5.65 Å². The Bertz CT molecular complexity index is 1450. The smallest absolute Gasteiger partial charge is 0.254 e. The van der Waals surface area contributed by atoms with Crippen molar-refractivity contribution in [1.29, 1.82) is 0 Å². The summed E-state index contributed by atoms with van der Waals surface area (Å²) >= 11 is 3.50. The molecule has 0 aliphatic carbocycles. The van der Waals surface area contributed by atoms with Gasteiger partial charge in [-0.15, -0.1) is 0 Å². The van der Waals surface area contributed by atoms with Crippen LogP contribution in [0.2, 0.25) is 0 Å². The third kappa shape index (κ3) is 4.51. The standard InChI is InChI=1S/C25H20BrN5O3/c26-20-14-29-31-23(11-21(30-24(20)31)19-3-1-2-4-22(19)32)27-12-16-5-7-17(8-6-16)13-28-25(33)18-9-10-34-15-18/h1-11,14-15,27,32H,12-13H2,(H,28,33). The van der Waals surface area contributed by atoms with Crippen molar-refractivity contribution in [2.75, 3.05) is 5.32 Å². The van der Waals surface area contributed by atoms with Crippen LogP contribution in [0.3, 0.4) is 0 Å². The van der Waals surface area contributed by atoms with Gasteiger partial charge in [0, 0.05) is 24.7 Å². The molecule has 9 heteroatoms. The molecule has 0 saturated carbocycles. The number of fused-ring (bicyclic) bond motifs is 1. The molecule has 34 heavy (non-hydrogen) atoms. The second kappa shape index (κ2) is 9.40. The number of phenols is 1. The van der Waals surface area contributed by atoms with E-state index in [-0.39, 0.29) is 11.7 Å². The number of nitrogens with zero attached hydrogens (tertiary/aromatic N) is 3. The van der Waals surface area contributed by atoms with E-state index in [1.807, 2.05) is 42.5 Å². The Morgan fingerprint density at radius 2 is 1.82 bits per heavy atom. The monoisotopic (exact) mass is 517 g/mol. The molecule has 5 aromatic rings. The summed E-state index contributed by atoms with van der Waals surface area (Å²) in [4.78, 5) is 16.7. The first-order chi connectivity index (χ1) is 16.6. The first-order valence-electron chi connectivity index (χ1n) is 10.5. The third-order valence-corrected chi connectivity index (χ3v) is 5.90. The third-order valence-electron chi connectivity index (χ3n) is 5.34. The maximum Gasteiger partial charge on any atom is 0.254 e. The minimum atomic E-state index is -0.174. The van der Waals surface area contributed by atoms with Crippen molar-refractivity contribution in [2.24, 2.45) is 0 Å². The molecule has 0 aliphatic heterocycles. The van der Waals surface area contributed by atoms with Crippen molar-refractivity contribution >= 4 is 33.3 Å². The van der Waals surface area contributed by atoms with Crippen LogP contribution in [0.5, 0.6) is 5.75 Å². The van der Waals surface area contributed by atoms with Crippen molar-refractivity contribution in [3.8, 4) is 17.0 Å². The van der Waals surface area contributed by atoms with Crippen LogP contribution < -0.4 is 10.6 Å². The van der Waals surface area contributed by atoms with Crippen LogP contribution in [0.25, 0.3) is 16.9 Å². The van der Waals surface area contributed by atoms with Crippen LogP contribution >= 0.6 is 15.9 Å². The van der Waals surface area contributed by atoms with E-state index in [1.54, 1.807) is 28.9 Å². The minimum Gasteiger partial charge on any atom is -0.507 e. The Hall–Kier alpha value is -4.11. The summed E-state index contributed by atoms with van der Waals surface area (Å²) in [6.45, 7) is 0.979. The Morgan fingerprint density at radius 1 is 1.06 bits per heavy atom. The van der Waals surface area contributed by atoms with Crippen LogP contribution in [-0.2, 0) is 13.1 Å². The molecule has 0 aliphatic rings. The van der Waals surface area contributed by atoms with Crippen molar-refractivity contribution in [2.45, 2.75) is 13.1 Å². The van der Waals surface area contributed by atoms with Crippen molar-refractivity contribution in [3.63, 3.8) is 0 Å². The van der Waals surface area contributed by atoms with Gasteiger partial charge in [0.05, 0.1) is 28.2 Å². The fourth-order valence-electron chi connectivity index (χ4n) is 3.54. The number of amides is 1. The van der Waals surface area contributed by atoms with Crippen LogP contribution in [0, 0.1) is 0 Å². The van der Waals surface area contributed by atoms with Gasteiger partial charge in [-0.05, 0) is 45.3 Å². The number of nitrogens with one attached hydrogen (secondary N) is 2. The molecule has 3 N–H and O–H groups in total. The summed E-state index contributed by atoms with van der Waals surface area (Å²) in [5.41, 5.74) is 4.47. The van der Waals surface area contributed by atoms with E-state index in [1.165, 1.54) is 12.5 Å². The summed E-state index contributed by atoms with van der Waals surface area (Å²) in [5.74, 6) is 0.730. The molecule has 1 amide bonds. The molecule has 0 bridgehead atoms. The number of hydrogen-bond donors (Lipinski definition) is 3. The van der Waals surface area contributed by atoms with Crippen molar-refractivity contribution in [3.05, 3.63) is 101 Å². The lowest BCUT2D eigenvalue weighted by atomic mass is 10.1. The topological polar surface area (TPSA) is 105 Å². The Labute approximate surface area is 203 Å². The number of rotatable bonds is 7. The van der Waals surface area contributed by atoms with Crippen molar-refractivity contribution in [1.82, 2.24) is 19.9 Å².